The fourth-order valence-electron chi connectivity index (χ4n) is 3.37. The topological polar surface area (TPSA) is 90.0 Å². The van der Waals surface area contributed by atoms with Crippen LogP contribution in [0.5, 0.6) is 0 Å². The second-order valence-electron chi connectivity index (χ2n) is 6.83. The SMILES string of the molecule is NC(=O)[C@@H](NC(=O)c1nn(Cc2ccccc2F)c2ccccc12)c1ccccc1. The molecule has 2 amide bonds. The van der Waals surface area contributed by atoms with E-state index in [1.807, 2.05) is 12.1 Å². The normalized spacial score (nSPS) is 11.9. The maximum atomic E-state index is 14.1. The lowest BCUT2D eigenvalue weighted by Gasteiger charge is -2.15. The average molecular weight is 402 g/mol. The van der Waals surface area contributed by atoms with Gasteiger partial charge in [-0.3, -0.25) is 14.3 Å². The number of aromatic nitrogens is 2. The molecule has 0 unspecified atom stereocenters. The summed E-state index contributed by atoms with van der Waals surface area (Å²) in [4.78, 5) is 25.0. The molecule has 0 aliphatic rings. The molecule has 4 aromatic rings. The van der Waals surface area contributed by atoms with Crippen molar-refractivity contribution >= 4 is 22.7 Å². The molecule has 30 heavy (non-hydrogen) atoms. The molecule has 1 atom stereocenters. The Kier molecular flexibility index (Phi) is 5.26. The van der Waals surface area contributed by atoms with E-state index in [4.69, 9.17) is 5.73 Å². The molecule has 4 rings (SSSR count). The molecule has 1 aromatic heterocycles. The van der Waals surface area contributed by atoms with Crippen molar-refractivity contribution in [2.45, 2.75) is 12.6 Å². The molecule has 6 nitrogen and oxygen atoms in total. The maximum absolute atomic E-state index is 14.1. The first-order valence-corrected chi connectivity index (χ1v) is 9.38. The highest BCUT2D eigenvalue weighted by Gasteiger charge is 2.24. The summed E-state index contributed by atoms with van der Waals surface area (Å²) in [6.07, 6.45) is 0. The van der Waals surface area contributed by atoms with Crippen LogP contribution in [-0.4, -0.2) is 21.6 Å². The molecule has 150 valence electrons. The van der Waals surface area contributed by atoms with Gasteiger partial charge in [-0.15, -0.1) is 0 Å². The summed E-state index contributed by atoms with van der Waals surface area (Å²) in [6, 6.07) is 21.4. The number of para-hydroxylation sites is 1. The van der Waals surface area contributed by atoms with Crippen molar-refractivity contribution in [2.75, 3.05) is 0 Å². The summed E-state index contributed by atoms with van der Waals surface area (Å²) in [5.41, 5.74) is 7.37. The van der Waals surface area contributed by atoms with Gasteiger partial charge >= 0.3 is 0 Å². The Morgan fingerprint density at radius 1 is 0.967 bits per heavy atom. The highest BCUT2D eigenvalue weighted by molar-refractivity contribution is 6.06. The van der Waals surface area contributed by atoms with Crippen molar-refractivity contribution in [3.8, 4) is 0 Å². The Labute approximate surface area is 172 Å². The van der Waals surface area contributed by atoms with Crippen LogP contribution in [0.1, 0.15) is 27.7 Å². The van der Waals surface area contributed by atoms with Crippen LogP contribution >= 0.6 is 0 Å². The number of nitrogens with zero attached hydrogens (tertiary/aromatic N) is 2. The standard InChI is InChI=1S/C23H19FN4O2/c24-18-12-6-4-10-16(18)14-28-19-13-7-5-11-17(19)21(27-28)23(30)26-20(22(25)29)15-8-2-1-3-9-15/h1-13,20H,14H2,(H2,25,29)(H,26,30)/t20-/m0/s1. The van der Waals surface area contributed by atoms with Gasteiger partial charge in [-0.1, -0.05) is 66.7 Å². The predicted octanol–water partition coefficient (Wildman–Crippen LogP) is 3.18. The highest BCUT2D eigenvalue weighted by Crippen LogP contribution is 2.21. The van der Waals surface area contributed by atoms with E-state index in [-0.39, 0.29) is 18.1 Å². The molecule has 0 radical (unpaired) electrons. The van der Waals surface area contributed by atoms with Crippen LogP contribution in [0.15, 0.2) is 78.9 Å². The first-order chi connectivity index (χ1) is 14.5. The highest BCUT2D eigenvalue weighted by atomic mass is 19.1. The summed E-state index contributed by atoms with van der Waals surface area (Å²) in [7, 11) is 0. The second kappa shape index (κ2) is 8.16. The minimum atomic E-state index is -0.991. The summed E-state index contributed by atoms with van der Waals surface area (Å²) < 4.78 is 15.7. The number of rotatable bonds is 6. The van der Waals surface area contributed by atoms with E-state index in [1.165, 1.54) is 6.07 Å². The van der Waals surface area contributed by atoms with Gasteiger partial charge in [-0.05, 0) is 17.7 Å². The number of primary amides is 1. The average Bonchev–Trinajstić information content (AvgIpc) is 3.12. The smallest absolute Gasteiger partial charge is 0.273 e. The van der Waals surface area contributed by atoms with Gasteiger partial charge in [0.2, 0.25) is 5.91 Å². The number of amides is 2. The molecule has 3 N–H and O–H groups in total. The van der Waals surface area contributed by atoms with Crippen molar-refractivity contribution in [2.24, 2.45) is 5.73 Å². The van der Waals surface area contributed by atoms with E-state index >= 15 is 0 Å². The molecule has 3 aromatic carbocycles. The molecular weight excluding hydrogens is 383 g/mol. The van der Waals surface area contributed by atoms with E-state index in [2.05, 4.69) is 10.4 Å². The lowest BCUT2D eigenvalue weighted by Crippen LogP contribution is -2.37. The Hall–Kier alpha value is -4.00. The lowest BCUT2D eigenvalue weighted by molar-refractivity contribution is -0.120. The molecule has 0 saturated carbocycles. The van der Waals surface area contributed by atoms with Gasteiger partial charge < -0.3 is 11.1 Å². The first-order valence-electron chi connectivity index (χ1n) is 9.38. The van der Waals surface area contributed by atoms with E-state index in [0.29, 0.717) is 22.0 Å². The van der Waals surface area contributed by atoms with Crippen molar-refractivity contribution in [3.05, 3.63) is 102 Å². The van der Waals surface area contributed by atoms with Crippen LogP contribution in [0.3, 0.4) is 0 Å². The molecule has 1 heterocycles. The summed E-state index contributed by atoms with van der Waals surface area (Å²) >= 11 is 0. The fourth-order valence-corrected chi connectivity index (χ4v) is 3.37. The zero-order valence-corrected chi connectivity index (χ0v) is 16.0. The number of hydrogen-bond acceptors (Lipinski definition) is 3. The molecular formula is C23H19FN4O2. The molecule has 0 aliphatic carbocycles. The van der Waals surface area contributed by atoms with Crippen molar-refractivity contribution in [3.63, 3.8) is 0 Å². The van der Waals surface area contributed by atoms with Crippen molar-refractivity contribution < 1.29 is 14.0 Å². The fraction of sp³-hybridized carbons (Fsp3) is 0.0870. The van der Waals surface area contributed by atoms with E-state index in [1.54, 1.807) is 65.3 Å². The van der Waals surface area contributed by atoms with Gasteiger partial charge in [-0.25, -0.2) is 4.39 Å². The Bertz CT molecular complexity index is 1220. The summed E-state index contributed by atoms with van der Waals surface area (Å²) in [5, 5.41) is 7.68. The molecule has 0 aliphatic heterocycles. The molecule has 0 spiro atoms. The van der Waals surface area contributed by atoms with Gasteiger partial charge in [0.15, 0.2) is 5.69 Å². The third-order valence-corrected chi connectivity index (χ3v) is 4.84. The number of hydrogen-bond donors (Lipinski definition) is 2. The lowest BCUT2D eigenvalue weighted by atomic mass is 10.1. The number of nitrogens with one attached hydrogen (secondary N) is 1. The monoisotopic (exact) mass is 402 g/mol. The number of benzene rings is 3. The molecule has 0 fully saturated rings. The van der Waals surface area contributed by atoms with Crippen LogP contribution in [0.25, 0.3) is 10.9 Å². The van der Waals surface area contributed by atoms with E-state index < -0.39 is 17.9 Å². The number of carbonyl (C=O) groups excluding carboxylic acids is 2. The third kappa shape index (κ3) is 3.77. The minimum absolute atomic E-state index is 0.143. The van der Waals surface area contributed by atoms with Crippen LogP contribution < -0.4 is 11.1 Å². The number of carbonyl (C=O) groups is 2. The van der Waals surface area contributed by atoms with Gasteiger partial charge in [0, 0.05) is 10.9 Å². The van der Waals surface area contributed by atoms with Gasteiger partial charge in [0.05, 0.1) is 12.1 Å². The van der Waals surface area contributed by atoms with Crippen LogP contribution in [0, 0.1) is 5.82 Å². The number of fused-ring (bicyclic) bond motifs is 1. The van der Waals surface area contributed by atoms with Gasteiger partial charge in [0.1, 0.15) is 11.9 Å². The summed E-state index contributed by atoms with van der Waals surface area (Å²) in [5.74, 6) is -1.56. The zero-order valence-electron chi connectivity index (χ0n) is 16.0. The Balaban J connectivity index is 1.69. The van der Waals surface area contributed by atoms with Crippen LogP contribution in [0.4, 0.5) is 4.39 Å². The predicted molar refractivity (Wildman–Crippen MR) is 111 cm³/mol. The number of nitrogens with two attached hydrogens (primary N) is 1. The molecule has 0 bridgehead atoms. The van der Waals surface area contributed by atoms with Crippen molar-refractivity contribution in [1.82, 2.24) is 15.1 Å². The van der Waals surface area contributed by atoms with E-state index in [0.717, 1.165) is 0 Å². The van der Waals surface area contributed by atoms with Crippen molar-refractivity contribution in [1.29, 1.82) is 0 Å². The van der Waals surface area contributed by atoms with Crippen LogP contribution in [-0.2, 0) is 11.3 Å². The minimum Gasteiger partial charge on any atom is -0.368 e. The first kappa shape index (κ1) is 19.3. The second-order valence-corrected chi connectivity index (χ2v) is 6.83. The largest absolute Gasteiger partial charge is 0.368 e. The third-order valence-electron chi connectivity index (χ3n) is 4.84. The Morgan fingerprint density at radius 2 is 1.63 bits per heavy atom. The van der Waals surface area contributed by atoms with Gasteiger partial charge in [-0.2, -0.15) is 5.10 Å². The zero-order chi connectivity index (χ0) is 21.1. The van der Waals surface area contributed by atoms with Gasteiger partial charge in [0.25, 0.3) is 5.91 Å². The maximum Gasteiger partial charge on any atom is 0.273 e. The van der Waals surface area contributed by atoms with Crippen LogP contribution in [0.2, 0.25) is 0 Å². The number of halogens is 1. The Morgan fingerprint density at radius 3 is 2.37 bits per heavy atom. The summed E-state index contributed by atoms with van der Waals surface area (Å²) in [6.45, 7) is 0.165. The quantitative estimate of drug-likeness (QED) is 0.519. The molecule has 0 saturated heterocycles. The molecule has 7 heteroatoms. The van der Waals surface area contributed by atoms with E-state index in [9.17, 15) is 14.0 Å².